The fourth-order valence-electron chi connectivity index (χ4n) is 2.82. The third kappa shape index (κ3) is 4.73. The molecule has 0 radical (unpaired) electrons. The maximum absolute atomic E-state index is 12.5. The van der Waals surface area contributed by atoms with Crippen molar-refractivity contribution >= 4 is 11.6 Å². The maximum Gasteiger partial charge on any atom is 0.416 e. The molecule has 6 heteroatoms. The Bertz CT molecular complexity index is 493. The van der Waals surface area contributed by atoms with Gasteiger partial charge in [0.1, 0.15) is 0 Å². The van der Waals surface area contributed by atoms with Crippen molar-refractivity contribution in [1.29, 1.82) is 0 Å². The molecule has 0 atom stereocenters. The predicted octanol–water partition coefficient (Wildman–Crippen LogP) is 3.91. The lowest BCUT2D eigenvalue weighted by Gasteiger charge is -2.30. The first-order chi connectivity index (χ1) is 10.4. The van der Waals surface area contributed by atoms with Gasteiger partial charge < -0.3 is 5.32 Å². The summed E-state index contributed by atoms with van der Waals surface area (Å²) in [6.45, 7) is 0.256. The molecule has 0 saturated heterocycles. The second-order valence-corrected chi connectivity index (χ2v) is 5.83. The number of nitrogens with zero attached hydrogens (tertiary/aromatic N) is 1. The zero-order valence-corrected chi connectivity index (χ0v) is 12.6. The summed E-state index contributed by atoms with van der Waals surface area (Å²) in [6.07, 6.45) is 1.48. The van der Waals surface area contributed by atoms with Crippen molar-refractivity contribution in [2.75, 3.05) is 18.9 Å². The van der Waals surface area contributed by atoms with Gasteiger partial charge in [0.2, 0.25) is 5.91 Å². The molecule has 0 bridgehead atoms. The monoisotopic (exact) mass is 314 g/mol. The van der Waals surface area contributed by atoms with Gasteiger partial charge in [-0.1, -0.05) is 19.3 Å². The Balaban J connectivity index is 1.86. The van der Waals surface area contributed by atoms with E-state index in [1.165, 1.54) is 31.4 Å². The van der Waals surface area contributed by atoms with E-state index in [4.69, 9.17) is 0 Å². The fraction of sp³-hybridized carbons (Fsp3) is 0.562. The molecule has 22 heavy (non-hydrogen) atoms. The maximum atomic E-state index is 12.5. The molecule has 0 heterocycles. The van der Waals surface area contributed by atoms with Crippen LogP contribution in [-0.4, -0.2) is 30.4 Å². The first kappa shape index (κ1) is 16.8. The minimum atomic E-state index is -4.36. The highest BCUT2D eigenvalue weighted by molar-refractivity contribution is 5.92. The van der Waals surface area contributed by atoms with E-state index in [9.17, 15) is 18.0 Å². The van der Waals surface area contributed by atoms with Crippen LogP contribution in [0.15, 0.2) is 24.3 Å². The van der Waals surface area contributed by atoms with E-state index < -0.39 is 11.7 Å². The molecule has 1 aliphatic rings. The Morgan fingerprint density at radius 2 is 1.77 bits per heavy atom. The molecule has 1 saturated carbocycles. The van der Waals surface area contributed by atoms with Crippen LogP contribution in [0.2, 0.25) is 0 Å². The third-order valence-corrected chi connectivity index (χ3v) is 4.09. The van der Waals surface area contributed by atoms with Crippen LogP contribution in [0.5, 0.6) is 0 Å². The number of alkyl halides is 3. The van der Waals surface area contributed by atoms with Crippen molar-refractivity contribution in [3.8, 4) is 0 Å². The van der Waals surface area contributed by atoms with Gasteiger partial charge in [0.15, 0.2) is 0 Å². The summed E-state index contributed by atoms with van der Waals surface area (Å²) < 4.78 is 37.4. The Morgan fingerprint density at radius 1 is 1.18 bits per heavy atom. The van der Waals surface area contributed by atoms with Crippen molar-refractivity contribution in [3.05, 3.63) is 29.8 Å². The molecule has 0 spiro atoms. The summed E-state index contributed by atoms with van der Waals surface area (Å²) in [5.41, 5.74) is -0.333. The number of likely N-dealkylation sites (N-methyl/N-ethyl adjacent to an activating group) is 1. The first-order valence-electron chi connectivity index (χ1n) is 7.53. The summed E-state index contributed by atoms with van der Waals surface area (Å²) in [6, 6.07) is 4.93. The topological polar surface area (TPSA) is 32.3 Å². The van der Waals surface area contributed by atoms with E-state index >= 15 is 0 Å². The van der Waals surface area contributed by atoms with Gasteiger partial charge >= 0.3 is 6.18 Å². The number of hydrogen-bond acceptors (Lipinski definition) is 2. The van der Waals surface area contributed by atoms with Crippen LogP contribution < -0.4 is 5.32 Å². The lowest BCUT2D eigenvalue weighted by molar-refractivity contribution is -0.137. The Labute approximate surface area is 128 Å². The molecule has 0 aliphatic heterocycles. The van der Waals surface area contributed by atoms with Crippen LogP contribution in [-0.2, 0) is 11.0 Å². The highest BCUT2D eigenvalue weighted by atomic mass is 19.4. The molecule has 1 aliphatic carbocycles. The van der Waals surface area contributed by atoms with Crippen LogP contribution >= 0.6 is 0 Å². The Kier molecular flexibility index (Phi) is 5.45. The number of amides is 1. The molecule has 122 valence electrons. The molecule has 1 fully saturated rings. The van der Waals surface area contributed by atoms with E-state index in [0.29, 0.717) is 11.7 Å². The lowest BCUT2D eigenvalue weighted by atomic mass is 9.94. The number of rotatable bonds is 4. The quantitative estimate of drug-likeness (QED) is 0.914. The molecule has 1 N–H and O–H groups in total. The minimum Gasteiger partial charge on any atom is -0.325 e. The Hall–Kier alpha value is -1.56. The SMILES string of the molecule is CN(CC(=O)Nc1ccc(C(F)(F)F)cc1)C1CCCCC1. The minimum absolute atomic E-state index is 0.201. The van der Waals surface area contributed by atoms with E-state index in [0.717, 1.165) is 25.0 Å². The van der Waals surface area contributed by atoms with E-state index in [1.54, 1.807) is 0 Å². The Morgan fingerprint density at radius 3 is 2.32 bits per heavy atom. The molecular weight excluding hydrogens is 293 g/mol. The van der Waals surface area contributed by atoms with Crippen molar-refractivity contribution in [3.63, 3.8) is 0 Å². The summed E-state index contributed by atoms with van der Waals surface area (Å²) in [5, 5.41) is 2.64. The predicted molar refractivity (Wildman–Crippen MR) is 79.6 cm³/mol. The number of nitrogens with one attached hydrogen (secondary N) is 1. The third-order valence-electron chi connectivity index (χ3n) is 4.09. The van der Waals surface area contributed by atoms with Crippen LogP contribution in [0.4, 0.5) is 18.9 Å². The van der Waals surface area contributed by atoms with Gasteiger partial charge in [-0.05, 0) is 44.2 Å². The van der Waals surface area contributed by atoms with Crippen molar-refractivity contribution in [2.45, 2.75) is 44.3 Å². The molecule has 1 amide bonds. The number of anilines is 1. The number of hydrogen-bond donors (Lipinski definition) is 1. The van der Waals surface area contributed by atoms with E-state index in [2.05, 4.69) is 5.32 Å². The summed E-state index contributed by atoms with van der Waals surface area (Å²) >= 11 is 0. The van der Waals surface area contributed by atoms with Crippen molar-refractivity contribution in [1.82, 2.24) is 4.90 Å². The normalized spacial score (nSPS) is 16.8. The van der Waals surface area contributed by atoms with Gasteiger partial charge in [-0.3, -0.25) is 9.69 Å². The van der Waals surface area contributed by atoms with Crippen molar-refractivity contribution in [2.24, 2.45) is 0 Å². The fourth-order valence-corrected chi connectivity index (χ4v) is 2.82. The number of carbonyl (C=O) groups is 1. The molecule has 2 rings (SSSR count). The first-order valence-corrected chi connectivity index (χ1v) is 7.53. The average Bonchev–Trinajstić information content (AvgIpc) is 2.47. The number of halogens is 3. The van der Waals surface area contributed by atoms with E-state index in [1.807, 2.05) is 11.9 Å². The molecule has 3 nitrogen and oxygen atoms in total. The van der Waals surface area contributed by atoms with E-state index in [-0.39, 0.29) is 12.5 Å². The standard InChI is InChI=1S/C16H21F3N2O/c1-21(14-5-3-2-4-6-14)11-15(22)20-13-9-7-12(8-10-13)16(17,18)19/h7-10,14H,2-6,11H2,1H3,(H,20,22). The average molecular weight is 314 g/mol. The molecule has 1 aromatic rings. The number of benzene rings is 1. The van der Waals surface area contributed by atoms with Crippen LogP contribution in [0.25, 0.3) is 0 Å². The van der Waals surface area contributed by atoms with Crippen LogP contribution in [0, 0.1) is 0 Å². The van der Waals surface area contributed by atoms with Crippen molar-refractivity contribution < 1.29 is 18.0 Å². The zero-order valence-electron chi connectivity index (χ0n) is 12.6. The highest BCUT2D eigenvalue weighted by Gasteiger charge is 2.30. The number of carbonyl (C=O) groups excluding carboxylic acids is 1. The largest absolute Gasteiger partial charge is 0.416 e. The lowest BCUT2D eigenvalue weighted by Crippen LogP contribution is -2.39. The second kappa shape index (κ2) is 7.13. The van der Waals surface area contributed by atoms with Gasteiger partial charge in [0, 0.05) is 11.7 Å². The van der Waals surface area contributed by atoms with Gasteiger partial charge in [0.05, 0.1) is 12.1 Å². The van der Waals surface area contributed by atoms with Crippen LogP contribution in [0.1, 0.15) is 37.7 Å². The van der Waals surface area contributed by atoms with Gasteiger partial charge in [-0.25, -0.2) is 0 Å². The summed E-state index contributed by atoms with van der Waals surface area (Å²) in [4.78, 5) is 14.0. The summed E-state index contributed by atoms with van der Waals surface area (Å²) in [5.74, 6) is -0.201. The van der Waals surface area contributed by atoms with Crippen LogP contribution in [0.3, 0.4) is 0 Å². The zero-order chi connectivity index (χ0) is 16.2. The second-order valence-electron chi connectivity index (χ2n) is 5.83. The van der Waals surface area contributed by atoms with Gasteiger partial charge in [-0.2, -0.15) is 13.2 Å². The molecular formula is C16H21F3N2O. The van der Waals surface area contributed by atoms with Gasteiger partial charge in [0.25, 0.3) is 0 Å². The molecule has 0 unspecified atom stereocenters. The smallest absolute Gasteiger partial charge is 0.325 e. The van der Waals surface area contributed by atoms with Gasteiger partial charge in [-0.15, -0.1) is 0 Å². The summed E-state index contributed by atoms with van der Waals surface area (Å²) in [7, 11) is 1.92. The molecule has 0 aromatic heterocycles. The highest BCUT2D eigenvalue weighted by Crippen LogP contribution is 2.29. The molecule has 1 aromatic carbocycles.